The van der Waals surface area contributed by atoms with Crippen LogP contribution in [-0.2, 0) is 4.79 Å². The summed E-state index contributed by atoms with van der Waals surface area (Å²) >= 11 is 1.52. The molecule has 1 saturated heterocycles. The summed E-state index contributed by atoms with van der Waals surface area (Å²) in [6, 6.07) is 10.9. The number of ketones is 1. The summed E-state index contributed by atoms with van der Waals surface area (Å²) in [6.07, 6.45) is 5.62. The van der Waals surface area contributed by atoms with Gasteiger partial charge in [-0.25, -0.2) is 0 Å². The van der Waals surface area contributed by atoms with Gasteiger partial charge in [0.25, 0.3) is 0 Å². The molecule has 2 aromatic heterocycles. The van der Waals surface area contributed by atoms with E-state index in [1.807, 2.05) is 29.1 Å². The molecule has 8 heteroatoms. The fourth-order valence-corrected chi connectivity index (χ4v) is 4.18. The summed E-state index contributed by atoms with van der Waals surface area (Å²) in [7, 11) is 0. The lowest BCUT2D eigenvalue weighted by molar-refractivity contribution is -0.120. The van der Waals surface area contributed by atoms with Crippen molar-refractivity contribution in [3.63, 3.8) is 0 Å². The van der Waals surface area contributed by atoms with Crippen molar-refractivity contribution in [3.05, 3.63) is 54.4 Å². The van der Waals surface area contributed by atoms with Crippen LogP contribution in [0.5, 0.6) is 0 Å². The topological polar surface area (TPSA) is 80.1 Å². The van der Waals surface area contributed by atoms with Crippen molar-refractivity contribution < 1.29 is 9.59 Å². The van der Waals surface area contributed by atoms with E-state index < -0.39 is 0 Å². The summed E-state index contributed by atoms with van der Waals surface area (Å²) in [5.74, 6) is -0.177. The molecule has 1 amide bonds. The molecule has 0 saturated carbocycles. The van der Waals surface area contributed by atoms with Crippen molar-refractivity contribution in [1.29, 1.82) is 0 Å². The van der Waals surface area contributed by atoms with Crippen molar-refractivity contribution in [2.24, 2.45) is 5.92 Å². The molecule has 1 atom stereocenters. The molecule has 1 N–H and O–H groups in total. The maximum atomic E-state index is 12.8. The lowest BCUT2D eigenvalue weighted by Crippen LogP contribution is -2.40. The Hall–Kier alpha value is -3.00. The minimum atomic E-state index is -0.131. The van der Waals surface area contributed by atoms with E-state index in [-0.39, 0.29) is 17.6 Å². The first kappa shape index (κ1) is 18.4. The highest BCUT2D eigenvalue weighted by Crippen LogP contribution is 2.28. The molecule has 1 aliphatic heterocycles. The Morgan fingerprint density at radius 1 is 1.14 bits per heavy atom. The van der Waals surface area contributed by atoms with Gasteiger partial charge in [-0.3, -0.25) is 14.2 Å². The highest BCUT2D eigenvalue weighted by Gasteiger charge is 2.28. The smallest absolute Gasteiger partial charge is 0.229 e. The standard InChI is InChI=1S/C20H21N5O2S/c1-14(26)15-6-4-8-17(12-15)21-18(27)16-7-5-11-25(13-16)20-23-22-19(28-20)24-9-2-3-10-24/h2-4,6,8-10,12,16H,5,7,11,13H2,1H3,(H,21,27)/t16-/m1/s1. The summed E-state index contributed by atoms with van der Waals surface area (Å²) < 4.78 is 1.93. The number of carbonyl (C=O) groups excluding carboxylic acids is 2. The molecule has 4 rings (SSSR count). The van der Waals surface area contributed by atoms with Gasteiger partial charge in [0.05, 0.1) is 5.92 Å². The summed E-state index contributed by atoms with van der Waals surface area (Å²) in [4.78, 5) is 26.4. The Balaban J connectivity index is 1.43. The molecule has 7 nitrogen and oxygen atoms in total. The number of nitrogens with zero attached hydrogens (tertiary/aromatic N) is 4. The number of Topliss-reactive ketones (excluding diaryl/α,β-unsaturated/α-hetero) is 1. The zero-order valence-electron chi connectivity index (χ0n) is 15.5. The Morgan fingerprint density at radius 3 is 2.71 bits per heavy atom. The van der Waals surface area contributed by atoms with E-state index in [9.17, 15) is 9.59 Å². The molecule has 0 spiro atoms. The molecule has 1 aromatic carbocycles. The van der Waals surface area contributed by atoms with Crippen LogP contribution in [0.4, 0.5) is 10.8 Å². The first-order valence-electron chi connectivity index (χ1n) is 9.24. The van der Waals surface area contributed by atoms with Crippen LogP contribution in [0, 0.1) is 5.92 Å². The first-order valence-corrected chi connectivity index (χ1v) is 10.1. The lowest BCUT2D eigenvalue weighted by atomic mass is 9.97. The molecular formula is C20H21N5O2S. The predicted molar refractivity (Wildman–Crippen MR) is 109 cm³/mol. The molecular weight excluding hydrogens is 374 g/mol. The van der Waals surface area contributed by atoms with Gasteiger partial charge in [-0.1, -0.05) is 23.5 Å². The highest BCUT2D eigenvalue weighted by molar-refractivity contribution is 7.17. The minimum absolute atomic E-state index is 0.0188. The maximum Gasteiger partial charge on any atom is 0.229 e. The zero-order valence-corrected chi connectivity index (χ0v) is 16.4. The van der Waals surface area contributed by atoms with E-state index >= 15 is 0 Å². The third-order valence-corrected chi connectivity index (χ3v) is 5.83. The third-order valence-electron chi connectivity index (χ3n) is 4.83. The quantitative estimate of drug-likeness (QED) is 0.670. The van der Waals surface area contributed by atoms with Gasteiger partial charge < -0.3 is 10.2 Å². The van der Waals surface area contributed by atoms with Gasteiger partial charge in [0, 0.05) is 36.7 Å². The van der Waals surface area contributed by atoms with E-state index in [1.165, 1.54) is 18.3 Å². The number of amides is 1. The number of hydrogen-bond acceptors (Lipinski definition) is 6. The maximum absolute atomic E-state index is 12.8. The fraction of sp³-hybridized carbons (Fsp3) is 0.300. The molecule has 1 fully saturated rings. The summed E-state index contributed by atoms with van der Waals surface area (Å²) in [5, 5.41) is 13.2. The van der Waals surface area contributed by atoms with Gasteiger partial charge in [-0.15, -0.1) is 10.2 Å². The van der Waals surface area contributed by atoms with Crippen LogP contribution in [0.15, 0.2) is 48.8 Å². The third kappa shape index (κ3) is 3.96. The zero-order chi connectivity index (χ0) is 19.5. The minimum Gasteiger partial charge on any atom is -0.346 e. The van der Waals surface area contributed by atoms with Gasteiger partial charge in [-0.2, -0.15) is 0 Å². The number of hydrogen-bond donors (Lipinski definition) is 1. The Kier molecular flexibility index (Phi) is 5.21. The van der Waals surface area contributed by atoms with Crippen LogP contribution in [0.2, 0.25) is 0 Å². The van der Waals surface area contributed by atoms with Crippen LogP contribution in [0.25, 0.3) is 5.13 Å². The van der Waals surface area contributed by atoms with Crippen molar-refractivity contribution >= 4 is 33.8 Å². The average molecular weight is 395 g/mol. The van der Waals surface area contributed by atoms with Crippen LogP contribution in [0.1, 0.15) is 30.1 Å². The monoisotopic (exact) mass is 395 g/mol. The Bertz CT molecular complexity index is 982. The molecule has 0 radical (unpaired) electrons. The van der Waals surface area contributed by atoms with Gasteiger partial charge in [0.1, 0.15) is 0 Å². The van der Waals surface area contributed by atoms with E-state index in [0.717, 1.165) is 29.6 Å². The average Bonchev–Trinajstić information content (AvgIpc) is 3.40. The molecule has 28 heavy (non-hydrogen) atoms. The number of rotatable bonds is 5. The molecule has 0 aliphatic carbocycles. The van der Waals surface area contributed by atoms with Gasteiger partial charge in [0.2, 0.25) is 16.2 Å². The second-order valence-electron chi connectivity index (χ2n) is 6.87. The largest absolute Gasteiger partial charge is 0.346 e. The summed E-state index contributed by atoms with van der Waals surface area (Å²) in [6.45, 7) is 2.99. The normalized spacial score (nSPS) is 16.8. The number of aromatic nitrogens is 3. The number of nitrogens with one attached hydrogen (secondary N) is 1. The Morgan fingerprint density at radius 2 is 1.93 bits per heavy atom. The van der Waals surface area contributed by atoms with Crippen molar-refractivity contribution in [2.75, 3.05) is 23.3 Å². The summed E-state index contributed by atoms with van der Waals surface area (Å²) in [5.41, 5.74) is 1.25. The van der Waals surface area contributed by atoms with Crippen LogP contribution in [-0.4, -0.2) is 39.5 Å². The molecule has 0 unspecified atom stereocenters. The van der Waals surface area contributed by atoms with E-state index in [0.29, 0.717) is 17.8 Å². The molecule has 3 aromatic rings. The second kappa shape index (κ2) is 7.93. The number of anilines is 2. The van der Waals surface area contributed by atoms with E-state index in [4.69, 9.17) is 0 Å². The lowest BCUT2D eigenvalue weighted by Gasteiger charge is -2.31. The van der Waals surface area contributed by atoms with Crippen molar-refractivity contribution in [2.45, 2.75) is 19.8 Å². The number of benzene rings is 1. The number of carbonyl (C=O) groups is 2. The molecule has 3 heterocycles. The van der Waals surface area contributed by atoms with Crippen LogP contribution in [0.3, 0.4) is 0 Å². The first-order chi connectivity index (χ1) is 13.6. The molecule has 0 bridgehead atoms. The second-order valence-corrected chi connectivity index (χ2v) is 7.80. The van der Waals surface area contributed by atoms with Gasteiger partial charge in [0.15, 0.2) is 5.78 Å². The molecule has 144 valence electrons. The predicted octanol–water partition coefficient (Wildman–Crippen LogP) is 3.39. The Labute approximate surface area is 167 Å². The fourth-order valence-electron chi connectivity index (χ4n) is 3.33. The molecule has 1 aliphatic rings. The highest BCUT2D eigenvalue weighted by atomic mass is 32.1. The van der Waals surface area contributed by atoms with Gasteiger partial charge in [-0.05, 0) is 44.0 Å². The van der Waals surface area contributed by atoms with E-state index in [1.54, 1.807) is 24.3 Å². The SMILES string of the molecule is CC(=O)c1cccc(NC(=O)[C@@H]2CCCN(c3nnc(-n4cccc4)s3)C2)c1. The van der Waals surface area contributed by atoms with E-state index in [2.05, 4.69) is 20.4 Å². The van der Waals surface area contributed by atoms with Crippen LogP contribution < -0.4 is 10.2 Å². The van der Waals surface area contributed by atoms with Gasteiger partial charge >= 0.3 is 0 Å². The number of piperidine rings is 1. The van der Waals surface area contributed by atoms with Crippen molar-refractivity contribution in [3.8, 4) is 5.13 Å². The van der Waals surface area contributed by atoms with Crippen LogP contribution >= 0.6 is 11.3 Å². The van der Waals surface area contributed by atoms with Crippen molar-refractivity contribution in [1.82, 2.24) is 14.8 Å².